The Bertz CT molecular complexity index is 217. The van der Waals surface area contributed by atoms with Crippen molar-refractivity contribution in [3.05, 3.63) is 0 Å². The Labute approximate surface area is 80.5 Å². The van der Waals surface area contributed by atoms with Gasteiger partial charge in [-0.1, -0.05) is 5.92 Å². The first-order valence-corrected chi connectivity index (χ1v) is 5.16. The monoisotopic (exact) mass is 178 g/mol. The van der Waals surface area contributed by atoms with E-state index in [2.05, 4.69) is 17.9 Å². The number of nitrogens with two attached hydrogens (primary N) is 1. The highest BCUT2D eigenvalue weighted by atomic mass is 15.2. The molecular formula is C11H18N2. The maximum Gasteiger partial charge on any atom is 0.0691 e. The summed E-state index contributed by atoms with van der Waals surface area (Å²) < 4.78 is 0. The molecule has 72 valence electrons. The molecule has 2 aliphatic heterocycles. The van der Waals surface area contributed by atoms with E-state index in [0.717, 1.165) is 12.1 Å². The highest BCUT2D eigenvalue weighted by Crippen LogP contribution is 2.38. The second-order valence-electron chi connectivity index (χ2n) is 4.47. The first-order valence-electron chi connectivity index (χ1n) is 5.16. The van der Waals surface area contributed by atoms with Gasteiger partial charge in [-0.25, -0.2) is 0 Å². The number of hydrogen-bond acceptors (Lipinski definition) is 2. The van der Waals surface area contributed by atoms with Crippen LogP contribution in [0.15, 0.2) is 0 Å². The molecule has 0 aromatic heterocycles. The minimum atomic E-state index is -0.0169. The third-order valence-electron chi connectivity index (χ3n) is 3.84. The lowest BCUT2D eigenvalue weighted by molar-refractivity contribution is 0.129. The van der Waals surface area contributed by atoms with Gasteiger partial charge in [0.25, 0.3) is 0 Å². The molecule has 0 radical (unpaired) electrons. The van der Waals surface area contributed by atoms with Crippen LogP contribution in [-0.4, -0.2) is 30.1 Å². The van der Waals surface area contributed by atoms with Crippen LogP contribution in [0.3, 0.4) is 0 Å². The molecule has 0 aliphatic carbocycles. The molecule has 2 rings (SSSR count). The highest BCUT2D eigenvalue weighted by molar-refractivity contribution is 5.05. The fourth-order valence-electron chi connectivity index (χ4n) is 2.88. The minimum absolute atomic E-state index is 0.0169. The van der Waals surface area contributed by atoms with Crippen molar-refractivity contribution in [3.8, 4) is 12.3 Å². The van der Waals surface area contributed by atoms with Crippen molar-refractivity contribution in [2.24, 2.45) is 11.7 Å². The van der Waals surface area contributed by atoms with Gasteiger partial charge in [0.2, 0.25) is 0 Å². The van der Waals surface area contributed by atoms with Crippen molar-refractivity contribution in [2.45, 2.75) is 43.8 Å². The van der Waals surface area contributed by atoms with E-state index in [1.807, 2.05) is 0 Å². The predicted octanol–water partition coefficient (Wildman–Crippen LogP) is 0.820. The van der Waals surface area contributed by atoms with Crippen LogP contribution in [0.2, 0.25) is 0 Å². The SMILES string of the molecule is C#CC(N)C1CC2CCC(C1)N2C. The molecule has 2 N–H and O–H groups in total. The summed E-state index contributed by atoms with van der Waals surface area (Å²) in [5.41, 5.74) is 5.89. The fraction of sp³-hybridized carbons (Fsp3) is 0.818. The zero-order chi connectivity index (χ0) is 9.42. The molecule has 2 fully saturated rings. The average Bonchev–Trinajstić information content (AvgIpc) is 2.42. The van der Waals surface area contributed by atoms with E-state index in [4.69, 9.17) is 12.2 Å². The van der Waals surface area contributed by atoms with Gasteiger partial charge in [0.1, 0.15) is 0 Å². The molecule has 13 heavy (non-hydrogen) atoms. The summed E-state index contributed by atoms with van der Waals surface area (Å²) >= 11 is 0. The highest BCUT2D eigenvalue weighted by Gasteiger charge is 2.39. The number of piperidine rings is 1. The summed E-state index contributed by atoms with van der Waals surface area (Å²) in [7, 11) is 2.24. The molecule has 0 aromatic carbocycles. The molecule has 2 bridgehead atoms. The molecule has 0 aromatic rings. The smallest absolute Gasteiger partial charge is 0.0691 e. The van der Waals surface area contributed by atoms with Crippen LogP contribution in [0, 0.1) is 18.3 Å². The lowest BCUT2D eigenvalue weighted by Crippen LogP contribution is -2.44. The standard InChI is InChI=1S/C11H18N2/c1-3-11(12)8-6-9-4-5-10(7-8)13(9)2/h1,8-11H,4-7,12H2,2H3. The largest absolute Gasteiger partial charge is 0.317 e. The van der Waals surface area contributed by atoms with Crippen LogP contribution in [0.25, 0.3) is 0 Å². The lowest BCUT2D eigenvalue weighted by atomic mass is 9.86. The van der Waals surface area contributed by atoms with Gasteiger partial charge >= 0.3 is 0 Å². The molecule has 0 saturated carbocycles. The van der Waals surface area contributed by atoms with Crippen LogP contribution in [-0.2, 0) is 0 Å². The first-order chi connectivity index (χ1) is 6.22. The summed E-state index contributed by atoms with van der Waals surface area (Å²) in [4.78, 5) is 2.51. The Kier molecular flexibility index (Phi) is 2.31. The van der Waals surface area contributed by atoms with Gasteiger partial charge in [0.15, 0.2) is 0 Å². The van der Waals surface area contributed by atoms with E-state index in [1.165, 1.54) is 25.7 Å². The zero-order valence-corrected chi connectivity index (χ0v) is 8.24. The molecule has 2 heterocycles. The molecule has 2 aliphatic rings. The summed E-state index contributed by atoms with van der Waals surface area (Å²) in [6, 6.07) is 1.49. The van der Waals surface area contributed by atoms with Crippen molar-refractivity contribution in [1.29, 1.82) is 0 Å². The Morgan fingerprint density at radius 2 is 1.92 bits per heavy atom. The van der Waals surface area contributed by atoms with Gasteiger partial charge < -0.3 is 10.6 Å². The van der Waals surface area contributed by atoms with E-state index >= 15 is 0 Å². The van der Waals surface area contributed by atoms with E-state index in [9.17, 15) is 0 Å². The average molecular weight is 178 g/mol. The Hall–Kier alpha value is -0.520. The molecule has 2 nitrogen and oxygen atoms in total. The zero-order valence-electron chi connectivity index (χ0n) is 8.24. The summed E-state index contributed by atoms with van der Waals surface area (Å²) in [5, 5.41) is 0. The lowest BCUT2D eigenvalue weighted by Gasteiger charge is -2.37. The van der Waals surface area contributed by atoms with E-state index in [0.29, 0.717) is 5.92 Å². The van der Waals surface area contributed by atoms with Crippen LogP contribution in [0.4, 0.5) is 0 Å². The molecule has 3 atom stereocenters. The van der Waals surface area contributed by atoms with Crippen molar-refractivity contribution < 1.29 is 0 Å². The number of fused-ring (bicyclic) bond motifs is 2. The Morgan fingerprint density at radius 3 is 2.38 bits per heavy atom. The van der Waals surface area contributed by atoms with Crippen LogP contribution < -0.4 is 5.73 Å². The van der Waals surface area contributed by atoms with Crippen molar-refractivity contribution in [2.75, 3.05) is 7.05 Å². The third-order valence-corrected chi connectivity index (χ3v) is 3.84. The quantitative estimate of drug-likeness (QED) is 0.602. The Balaban J connectivity index is 2.03. The van der Waals surface area contributed by atoms with Gasteiger partial charge in [-0.2, -0.15) is 0 Å². The van der Waals surface area contributed by atoms with E-state index < -0.39 is 0 Å². The molecule has 3 unspecified atom stereocenters. The first kappa shape index (κ1) is 9.05. The Morgan fingerprint density at radius 1 is 1.38 bits per heavy atom. The second-order valence-corrected chi connectivity index (χ2v) is 4.47. The maximum atomic E-state index is 5.89. The number of hydrogen-bond donors (Lipinski definition) is 1. The topological polar surface area (TPSA) is 29.3 Å². The van der Waals surface area contributed by atoms with E-state index in [1.54, 1.807) is 0 Å². The number of rotatable bonds is 1. The van der Waals surface area contributed by atoms with Crippen LogP contribution in [0.1, 0.15) is 25.7 Å². The summed E-state index contributed by atoms with van der Waals surface area (Å²) in [6.45, 7) is 0. The minimum Gasteiger partial charge on any atom is -0.317 e. The van der Waals surface area contributed by atoms with Gasteiger partial charge in [-0.05, 0) is 38.6 Å². The predicted molar refractivity (Wildman–Crippen MR) is 54.1 cm³/mol. The van der Waals surface area contributed by atoms with Crippen LogP contribution in [0.5, 0.6) is 0 Å². The molecule has 0 amide bonds. The van der Waals surface area contributed by atoms with Gasteiger partial charge in [0.05, 0.1) is 6.04 Å². The second kappa shape index (κ2) is 3.32. The summed E-state index contributed by atoms with van der Waals surface area (Å²) in [6.07, 6.45) is 10.5. The maximum absolute atomic E-state index is 5.89. The molecular weight excluding hydrogens is 160 g/mol. The van der Waals surface area contributed by atoms with E-state index in [-0.39, 0.29) is 6.04 Å². The van der Waals surface area contributed by atoms with Gasteiger partial charge in [-0.3, -0.25) is 0 Å². The van der Waals surface area contributed by atoms with Crippen molar-refractivity contribution in [3.63, 3.8) is 0 Å². The van der Waals surface area contributed by atoms with Crippen LogP contribution >= 0.6 is 0 Å². The summed E-state index contributed by atoms with van der Waals surface area (Å²) in [5.74, 6) is 3.25. The van der Waals surface area contributed by atoms with Gasteiger partial charge in [-0.15, -0.1) is 6.42 Å². The van der Waals surface area contributed by atoms with Crippen molar-refractivity contribution >= 4 is 0 Å². The molecule has 0 spiro atoms. The number of terminal acetylenes is 1. The molecule has 2 saturated heterocycles. The fourth-order valence-corrected chi connectivity index (χ4v) is 2.88. The molecule has 2 heteroatoms. The van der Waals surface area contributed by atoms with Gasteiger partial charge in [0, 0.05) is 12.1 Å². The third kappa shape index (κ3) is 1.47. The van der Waals surface area contributed by atoms with Crippen molar-refractivity contribution in [1.82, 2.24) is 4.90 Å². The number of nitrogens with zero attached hydrogens (tertiary/aromatic N) is 1. The normalized spacial score (nSPS) is 41.5.